The molecule has 1 aromatic carbocycles. The maximum absolute atomic E-state index is 3.50. The highest BCUT2D eigenvalue weighted by Crippen LogP contribution is 2.14. The van der Waals surface area contributed by atoms with Gasteiger partial charge in [-0.15, -0.1) is 0 Å². The minimum atomic E-state index is 0.554. The SMILES string of the molecule is CC(C)NCCc1ccccc1CN(C)Cc1ccsc1. The minimum Gasteiger partial charge on any atom is -0.314 e. The van der Waals surface area contributed by atoms with Crippen molar-refractivity contribution in [3.8, 4) is 0 Å². The summed E-state index contributed by atoms with van der Waals surface area (Å²) in [6.07, 6.45) is 1.10. The van der Waals surface area contributed by atoms with Gasteiger partial charge in [-0.05, 0) is 53.5 Å². The zero-order chi connectivity index (χ0) is 15.1. The summed E-state index contributed by atoms with van der Waals surface area (Å²) in [6, 6.07) is 11.6. The Morgan fingerprint density at radius 1 is 1.10 bits per heavy atom. The standard InChI is InChI=1S/C18H26N2S/c1-15(2)19-10-8-17-6-4-5-7-18(17)13-20(3)12-16-9-11-21-14-16/h4-7,9,11,14-15,19H,8,10,12-13H2,1-3H3. The molecule has 0 aliphatic carbocycles. The molecule has 0 aliphatic rings. The molecule has 1 N–H and O–H groups in total. The van der Waals surface area contributed by atoms with Crippen LogP contribution in [-0.2, 0) is 19.5 Å². The second-order valence-electron chi connectivity index (χ2n) is 5.93. The van der Waals surface area contributed by atoms with Crippen molar-refractivity contribution >= 4 is 11.3 Å². The molecule has 2 rings (SSSR count). The van der Waals surface area contributed by atoms with Crippen LogP contribution < -0.4 is 5.32 Å². The number of nitrogens with one attached hydrogen (secondary N) is 1. The molecular weight excluding hydrogens is 276 g/mol. The van der Waals surface area contributed by atoms with E-state index in [1.807, 2.05) is 0 Å². The average Bonchev–Trinajstić information content (AvgIpc) is 2.93. The van der Waals surface area contributed by atoms with Crippen LogP contribution in [0.25, 0.3) is 0 Å². The molecule has 0 spiro atoms. The number of hydrogen-bond acceptors (Lipinski definition) is 3. The predicted octanol–water partition coefficient (Wildman–Crippen LogP) is 3.92. The molecule has 0 bridgehead atoms. The lowest BCUT2D eigenvalue weighted by Crippen LogP contribution is -2.25. The second-order valence-corrected chi connectivity index (χ2v) is 6.71. The zero-order valence-electron chi connectivity index (χ0n) is 13.3. The van der Waals surface area contributed by atoms with E-state index in [4.69, 9.17) is 0 Å². The Hall–Kier alpha value is -1.16. The molecule has 0 fully saturated rings. The van der Waals surface area contributed by atoms with Crippen LogP contribution in [-0.4, -0.2) is 24.5 Å². The number of nitrogens with zero attached hydrogens (tertiary/aromatic N) is 1. The van der Waals surface area contributed by atoms with Gasteiger partial charge in [0.05, 0.1) is 0 Å². The molecule has 0 aliphatic heterocycles. The van der Waals surface area contributed by atoms with E-state index in [0.29, 0.717) is 6.04 Å². The molecule has 0 saturated carbocycles. The Labute approximate surface area is 132 Å². The summed E-state index contributed by atoms with van der Waals surface area (Å²) < 4.78 is 0. The lowest BCUT2D eigenvalue weighted by molar-refractivity contribution is 0.318. The number of thiophene rings is 1. The molecule has 0 atom stereocenters. The molecule has 2 aromatic rings. The average molecular weight is 302 g/mol. The van der Waals surface area contributed by atoms with Crippen LogP contribution >= 0.6 is 11.3 Å². The van der Waals surface area contributed by atoms with Crippen LogP contribution in [0.15, 0.2) is 41.1 Å². The van der Waals surface area contributed by atoms with Crippen molar-refractivity contribution < 1.29 is 0 Å². The van der Waals surface area contributed by atoms with Gasteiger partial charge in [0.2, 0.25) is 0 Å². The van der Waals surface area contributed by atoms with Crippen LogP contribution in [0.2, 0.25) is 0 Å². The van der Waals surface area contributed by atoms with E-state index in [1.54, 1.807) is 11.3 Å². The maximum Gasteiger partial charge on any atom is 0.0242 e. The van der Waals surface area contributed by atoms with Gasteiger partial charge in [0.15, 0.2) is 0 Å². The van der Waals surface area contributed by atoms with Gasteiger partial charge in [0, 0.05) is 19.1 Å². The van der Waals surface area contributed by atoms with E-state index in [1.165, 1.54) is 16.7 Å². The number of benzene rings is 1. The van der Waals surface area contributed by atoms with Crippen LogP contribution in [0, 0.1) is 0 Å². The van der Waals surface area contributed by atoms with E-state index < -0.39 is 0 Å². The Kier molecular flexibility index (Phi) is 6.43. The summed E-state index contributed by atoms with van der Waals surface area (Å²) in [7, 11) is 2.20. The molecule has 0 saturated heterocycles. The molecular formula is C18H26N2S. The van der Waals surface area contributed by atoms with E-state index >= 15 is 0 Å². The summed E-state index contributed by atoms with van der Waals surface area (Å²) >= 11 is 1.77. The summed E-state index contributed by atoms with van der Waals surface area (Å²) in [4.78, 5) is 2.39. The molecule has 0 radical (unpaired) electrons. The minimum absolute atomic E-state index is 0.554. The molecule has 114 valence electrons. The highest BCUT2D eigenvalue weighted by atomic mass is 32.1. The predicted molar refractivity (Wildman–Crippen MR) is 92.8 cm³/mol. The van der Waals surface area contributed by atoms with Crippen LogP contribution in [0.4, 0.5) is 0 Å². The van der Waals surface area contributed by atoms with Gasteiger partial charge in [-0.25, -0.2) is 0 Å². The van der Waals surface area contributed by atoms with Gasteiger partial charge >= 0.3 is 0 Å². The lowest BCUT2D eigenvalue weighted by atomic mass is 10.0. The Morgan fingerprint density at radius 2 is 1.86 bits per heavy atom. The highest BCUT2D eigenvalue weighted by Gasteiger charge is 2.06. The van der Waals surface area contributed by atoms with Crippen molar-refractivity contribution in [2.75, 3.05) is 13.6 Å². The summed E-state index contributed by atoms with van der Waals surface area (Å²) in [6.45, 7) is 7.46. The first-order chi connectivity index (χ1) is 10.1. The van der Waals surface area contributed by atoms with Crippen LogP contribution in [0.5, 0.6) is 0 Å². The first-order valence-corrected chi connectivity index (χ1v) is 8.59. The molecule has 1 aromatic heterocycles. The fourth-order valence-corrected chi connectivity index (χ4v) is 3.15. The van der Waals surface area contributed by atoms with E-state index in [-0.39, 0.29) is 0 Å². The van der Waals surface area contributed by atoms with Crippen molar-refractivity contribution in [2.24, 2.45) is 0 Å². The highest BCUT2D eigenvalue weighted by molar-refractivity contribution is 7.07. The lowest BCUT2D eigenvalue weighted by Gasteiger charge is -2.19. The van der Waals surface area contributed by atoms with Gasteiger partial charge in [0.1, 0.15) is 0 Å². The summed E-state index contributed by atoms with van der Waals surface area (Å²) in [5, 5.41) is 7.88. The smallest absolute Gasteiger partial charge is 0.0242 e. The summed E-state index contributed by atoms with van der Waals surface area (Å²) in [5.74, 6) is 0. The van der Waals surface area contributed by atoms with Crippen molar-refractivity contribution in [1.82, 2.24) is 10.2 Å². The molecule has 2 nitrogen and oxygen atoms in total. The molecule has 1 heterocycles. The van der Waals surface area contributed by atoms with Gasteiger partial charge in [-0.1, -0.05) is 38.1 Å². The van der Waals surface area contributed by atoms with Crippen molar-refractivity contribution in [1.29, 1.82) is 0 Å². The van der Waals surface area contributed by atoms with E-state index in [0.717, 1.165) is 26.1 Å². The third-order valence-corrected chi connectivity index (χ3v) is 4.27. The molecule has 0 unspecified atom stereocenters. The first kappa shape index (κ1) is 16.2. The molecule has 21 heavy (non-hydrogen) atoms. The van der Waals surface area contributed by atoms with Crippen molar-refractivity contribution in [3.05, 3.63) is 57.8 Å². The van der Waals surface area contributed by atoms with E-state index in [2.05, 4.69) is 72.2 Å². The van der Waals surface area contributed by atoms with E-state index in [9.17, 15) is 0 Å². The fourth-order valence-electron chi connectivity index (χ4n) is 2.49. The van der Waals surface area contributed by atoms with Gasteiger partial charge < -0.3 is 5.32 Å². The fraction of sp³-hybridized carbons (Fsp3) is 0.444. The Morgan fingerprint density at radius 3 is 2.52 bits per heavy atom. The summed E-state index contributed by atoms with van der Waals surface area (Å²) in [5.41, 5.74) is 4.31. The Bertz CT molecular complexity index is 520. The maximum atomic E-state index is 3.50. The third-order valence-electron chi connectivity index (χ3n) is 3.54. The molecule has 3 heteroatoms. The largest absolute Gasteiger partial charge is 0.314 e. The van der Waals surface area contributed by atoms with Crippen LogP contribution in [0.3, 0.4) is 0 Å². The normalized spacial score (nSPS) is 11.5. The zero-order valence-corrected chi connectivity index (χ0v) is 14.1. The second kappa shape index (κ2) is 8.32. The van der Waals surface area contributed by atoms with Crippen molar-refractivity contribution in [2.45, 2.75) is 39.4 Å². The van der Waals surface area contributed by atoms with Gasteiger partial charge in [-0.3, -0.25) is 4.90 Å². The monoisotopic (exact) mass is 302 g/mol. The quantitative estimate of drug-likeness (QED) is 0.795. The Balaban J connectivity index is 1.92. The van der Waals surface area contributed by atoms with Gasteiger partial charge in [-0.2, -0.15) is 11.3 Å². The van der Waals surface area contributed by atoms with Gasteiger partial charge in [0.25, 0.3) is 0 Å². The number of rotatable bonds is 8. The molecule has 0 amide bonds. The third kappa shape index (κ3) is 5.62. The van der Waals surface area contributed by atoms with Crippen molar-refractivity contribution in [3.63, 3.8) is 0 Å². The van der Waals surface area contributed by atoms with Crippen LogP contribution in [0.1, 0.15) is 30.5 Å². The number of hydrogen-bond donors (Lipinski definition) is 1. The first-order valence-electron chi connectivity index (χ1n) is 7.65. The topological polar surface area (TPSA) is 15.3 Å².